The Balaban J connectivity index is 1.71. The third kappa shape index (κ3) is 4.05. The highest BCUT2D eigenvalue weighted by atomic mass is 79.9. The van der Waals surface area contributed by atoms with Crippen LogP contribution >= 0.6 is 15.9 Å². The van der Waals surface area contributed by atoms with Crippen LogP contribution in [-0.4, -0.2) is 24.4 Å². The van der Waals surface area contributed by atoms with Crippen LogP contribution in [0.1, 0.15) is 24.4 Å². The van der Waals surface area contributed by atoms with E-state index in [-0.39, 0.29) is 6.04 Å². The van der Waals surface area contributed by atoms with Crippen molar-refractivity contribution in [2.75, 3.05) is 14.2 Å². The monoisotopic (exact) mass is 417 g/mol. The average molecular weight is 418 g/mol. The zero-order valence-electron chi connectivity index (χ0n) is 14.8. The minimum Gasteiger partial charge on any atom is -0.497 e. The first kappa shape index (κ1) is 18.4. The molecule has 0 saturated carbocycles. The van der Waals surface area contributed by atoms with E-state index < -0.39 is 0 Å². The van der Waals surface area contributed by atoms with Gasteiger partial charge in [-0.3, -0.25) is 0 Å². The van der Waals surface area contributed by atoms with Crippen molar-refractivity contribution >= 4 is 15.9 Å². The third-order valence-electron chi connectivity index (χ3n) is 4.03. The van der Waals surface area contributed by atoms with Crippen LogP contribution < -0.4 is 14.8 Å². The molecule has 26 heavy (non-hydrogen) atoms. The van der Waals surface area contributed by atoms with E-state index in [1.807, 2.05) is 49.4 Å². The molecule has 1 heterocycles. The molecular weight excluding hydrogens is 398 g/mol. The topological polar surface area (TPSA) is 69.4 Å². The van der Waals surface area contributed by atoms with Crippen molar-refractivity contribution in [3.63, 3.8) is 0 Å². The van der Waals surface area contributed by atoms with Crippen LogP contribution in [0.15, 0.2) is 51.4 Å². The summed E-state index contributed by atoms with van der Waals surface area (Å²) >= 11 is 3.50. The van der Waals surface area contributed by atoms with Crippen molar-refractivity contribution < 1.29 is 13.9 Å². The largest absolute Gasteiger partial charge is 0.497 e. The molecule has 1 aromatic heterocycles. The molecule has 1 atom stereocenters. The van der Waals surface area contributed by atoms with Gasteiger partial charge in [0, 0.05) is 16.1 Å². The Bertz CT molecular complexity index is 882. The van der Waals surface area contributed by atoms with Gasteiger partial charge in [-0.25, -0.2) is 0 Å². The molecule has 136 valence electrons. The minimum atomic E-state index is 0.0128. The number of hydrogen-bond acceptors (Lipinski definition) is 6. The number of nitrogens with zero attached hydrogens (tertiary/aromatic N) is 2. The maximum atomic E-state index is 5.77. The number of nitrogens with one attached hydrogen (secondary N) is 1. The molecule has 0 saturated heterocycles. The van der Waals surface area contributed by atoms with E-state index in [1.165, 1.54) is 0 Å². The van der Waals surface area contributed by atoms with E-state index in [0.29, 0.717) is 18.3 Å². The summed E-state index contributed by atoms with van der Waals surface area (Å²) in [4.78, 5) is 0. The second-order valence-electron chi connectivity index (χ2n) is 5.69. The molecule has 7 heteroatoms. The van der Waals surface area contributed by atoms with Gasteiger partial charge in [0.05, 0.1) is 26.3 Å². The quantitative estimate of drug-likeness (QED) is 0.615. The van der Waals surface area contributed by atoms with Crippen molar-refractivity contribution in [3.8, 4) is 23.0 Å². The molecule has 0 bridgehead atoms. The second-order valence-corrected chi connectivity index (χ2v) is 6.55. The van der Waals surface area contributed by atoms with Gasteiger partial charge in [-0.15, -0.1) is 10.2 Å². The van der Waals surface area contributed by atoms with Crippen molar-refractivity contribution in [1.29, 1.82) is 0 Å². The van der Waals surface area contributed by atoms with Gasteiger partial charge in [0.25, 0.3) is 0 Å². The lowest BCUT2D eigenvalue weighted by Gasteiger charge is -2.17. The molecule has 1 N–H and O–H groups in total. The van der Waals surface area contributed by atoms with Crippen LogP contribution in [0.3, 0.4) is 0 Å². The highest BCUT2D eigenvalue weighted by Crippen LogP contribution is 2.30. The summed E-state index contributed by atoms with van der Waals surface area (Å²) in [7, 11) is 3.30. The molecule has 2 aromatic carbocycles. The minimum absolute atomic E-state index is 0.0128. The van der Waals surface area contributed by atoms with Crippen LogP contribution in [0, 0.1) is 0 Å². The fraction of sp³-hybridized carbons (Fsp3) is 0.263. The van der Waals surface area contributed by atoms with Crippen LogP contribution in [0.5, 0.6) is 11.5 Å². The first-order chi connectivity index (χ1) is 12.6. The van der Waals surface area contributed by atoms with Crippen LogP contribution in [0.2, 0.25) is 0 Å². The van der Waals surface area contributed by atoms with Gasteiger partial charge < -0.3 is 19.2 Å². The lowest BCUT2D eigenvalue weighted by atomic mass is 10.1. The molecule has 0 aliphatic rings. The van der Waals surface area contributed by atoms with Gasteiger partial charge in [-0.05, 0) is 53.2 Å². The Labute approximate surface area is 160 Å². The summed E-state index contributed by atoms with van der Waals surface area (Å²) in [5, 5.41) is 11.6. The molecule has 3 rings (SSSR count). The number of methoxy groups -OCH3 is 2. The molecule has 1 unspecified atom stereocenters. The standard InChI is InChI=1S/C19H20BrN3O3/c1-12(15-10-13(24-2)8-9-17(15)25-3)21-11-18-22-23-19(26-18)14-6-4-5-7-16(14)20/h4-10,12,21H,11H2,1-3H3. The van der Waals surface area contributed by atoms with Crippen LogP contribution in [-0.2, 0) is 6.54 Å². The molecular formula is C19H20BrN3O3. The second kappa shape index (κ2) is 8.33. The maximum Gasteiger partial charge on any atom is 0.248 e. The Morgan fingerprint density at radius 3 is 2.65 bits per heavy atom. The van der Waals surface area contributed by atoms with Crippen LogP contribution in [0.4, 0.5) is 0 Å². The van der Waals surface area contributed by atoms with E-state index in [4.69, 9.17) is 13.9 Å². The van der Waals surface area contributed by atoms with Gasteiger partial charge in [0.2, 0.25) is 11.8 Å². The summed E-state index contributed by atoms with van der Waals surface area (Å²) in [5.41, 5.74) is 1.87. The van der Waals surface area contributed by atoms with E-state index in [2.05, 4.69) is 31.4 Å². The van der Waals surface area contributed by atoms with Gasteiger partial charge in [0.15, 0.2) is 0 Å². The highest BCUT2D eigenvalue weighted by Gasteiger charge is 2.15. The third-order valence-corrected chi connectivity index (χ3v) is 4.73. The maximum absolute atomic E-state index is 5.77. The van der Waals surface area contributed by atoms with Crippen molar-refractivity contribution in [2.24, 2.45) is 0 Å². The highest BCUT2D eigenvalue weighted by molar-refractivity contribution is 9.10. The predicted molar refractivity (Wildman–Crippen MR) is 102 cm³/mol. The van der Waals surface area contributed by atoms with Gasteiger partial charge in [0.1, 0.15) is 11.5 Å². The van der Waals surface area contributed by atoms with Gasteiger partial charge >= 0.3 is 0 Å². The lowest BCUT2D eigenvalue weighted by molar-refractivity contribution is 0.388. The average Bonchev–Trinajstić information content (AvgIpc) is 3.14. The molecule has 3 aromatic rings. The van der Waals surface area contributed by atoms with E-state index >= 15 is 0 Å². The summed E-state index contributed by atoms with van der Waals surface area (Å²) in [6.07, 6.45) is 0. The Morgan fingerprint density at radius 1 is 1.12 bits per heavy atom. The molecule has 0 spiro atoms. The van der Waals surface area contributed by atoms with E-state index in [1.54, 1.807) is 14.2 Å². The number of ether oxygens (including phenoxy) is 2. The van der Waals surface area contributed by atoms with E-state index in [0.717, 1.165) is 27.1 Å². The summed E-state index contributed by atoms with van der Waals surface area (Å²) < 4.78 is 17.4. The fourth-order valence-corrected chi connectivity index (χ4v) is 3.05. The van der Waals surface area contributed by atoms with Crippen molar-refractivity contribution in [1.82, 2.24) is 15.5 Å². The van der Waals surface area contributed by atoms with Crippen molar-refractivity contribution in [2.45, 2.75) is 19.5 Å². The zero-order chi connectivity index (χ0) is 18.5. The Morgan fingerprint density at radius 2 is 1.92 bits per heavy atom. The number of halogens is 1. The normalized spacial score (nSPS) is 12.0. The SMILES string of the molecule is COc1ccc(OC)c(C(C)NCc2nnc(-c3ccccc3Br)o2)c1. The lowest BCUT2D eigenvalue weighted by Crippen LogP contribution is -2.19. The zero-order valence-corrected chi connectivity index (χ0v) is 16.4. The molecule has 0 radical (unpaired) electrons. The number of aromatic nitrogens is 2. The Hall–Kier alpha value is -2.38. The molecule has 0 fully saturated rings. The summed E-state index contributed by atoms with van der Waals surface area (Å²) in [6.45, 7) is 2.49. The van der Waals surface area contributed by atoms with Gasteiger partial charge in [-0.2, -0.15) is 0 Å². The fourth-order valence-electron chi connectivity index (χ4n) is 2.60. The van der Waals surface area contributed by atoms with Crippen LogP contribution in [0.25, 0.3) is 11.5 Å². The molecule has 0 amide bonds. The summed E-state index contributed by atoms with van der Waals surface area (Å²) in [6, 6.07) is 13.5. The predicted octanol–water partition coefficient (Wildman–Crippen LogP) is 4.37. The van der Waals surface area contributed by atoms with Crippen molar-refractivity contribution in [3.05, 3.63) is 58.4 Å². The number of benzene rings is 2. The first-order valence-corrected chi connectivity index (χ1v) is 8.94. The van der Waals surface area contributed by atoms with Gasteiger partial charge in [-0.1, -0.05) is 12.1 Å². The van der Waals surface area contributed by atoms with E-state index in [9.17, 15) is 0 Å². The first-order valence-electron chi connectivity index (χ1n) is 8.15. The molecule has 0 aliphatic heterocycles. The number of hydrogen-bond donors (Lipinski definition) is 1. The Kier molecular flexibility index (Phi) is 5.90. The number of rotatable bonds is 7. The summed E-state index contributed by atoms with van der Waals surface area (Å²) in [5.74, 6) is 2.58. The molecule has 6 nitrogen and oxygen atoms in total. The smallest absolute Gasteiger partial charge is 0.248 e. The molecule has 0 aliphatic carbocycles.